The van der Waals surface area contributed by atoms with Crippen LogP contribution in [-0.4, -0.2) is 17.6 Å². The first kappa shape index (κ1) is 15.5. The Labute approximate surface area is 120 Å². The average molecular weight is 387 g/mol. The van der Waals surface area contributed by atoms with E-state index in [0.717, 1.165) is 0 Å². The summed E-state index contributed by atoms with van der Waals surface area (Å²) in [7, 11) is 0. The smallest absolute Gasteiger partial charge is 0.310 e. The summed E-state index contributed by atoms with van der Waals surface area (Å²) in [5, 5.41) is 0.352. The molecule has 0 aliphatic rings. The number of alkyl halides is 3. The molecular weight excluding hydrogens is 376 g/mol. The molecule has 0 bridgehead atoms. The first-order valence-corrected chi connectivity index (χ1v) is 7.08. The van der Waals surface area contributed by atoms with Crippen LogP contribution in [0.4, 0.5) is 8.78 Å². The zero-order chi connectivity index (χ0) is 13.7. The summed E-state index contributed by atoms with van der Waals surface area (Å²) in [6, 6.07) is 0. The van der Waals surface area contributed by atoms with E-state index in [2.05, 4.69) is 36.8 Å². The van der Waals surface area contributed by atoms with Crippen molar-refractivity contribution < 1.29 is 18.3 Å². The molecule has 0 aromatic carbocycles. The van der Waals surface area contributed by atoms with Gasteiger partial charge in [-0.2, -0.15) is 0 Å². The van der Waals surface area contributed by atoms with Crippen molar-refractivity contribution in [3.63, 3.8) is 0 Å². The Balaban J connectivity index is 3.19. The summed E-state index contributed by atoms with van der Waals surface area (Å²) in [5.74, 6) is -0.540. The highest BCUT2D eigenvalue weighted by Crippen LogP contribution is 2.30. The number of nitrogens with zero attached hydrogens (tertiary/aromatic N) is 1. The third-order valence-corrected chi connectivity index (χ3v) is 3.49. The topological polar surface area (TPSA) is 39.2 Å². The molecule has 3 nitrogen and oxygen atoms in total. The molecule has 0 aliphatic heterocycles. The van der Waals surface area contributed by atoms with Gasteiger partial charge >= 0.3 is 5.97 Å². The van der Waals surface area contributed by atoms with Gasteiger partial charge in [0.05, 0.1) is 13.0 Å². The summed E-state index contributed by atoms with van der Waals surface area (Å²) in [6.45, 7) is 1.88. The zero-order valence-electron chi connectivity index (χ0n) is 9.55. The number of rotatable bonds is 5. The number of aromatic nitrogens is 1. The van der Waals surface area contributed by atoms with Crippen LogP contribution in [0.1, 0.15) is 30.2 Å². The van der Waals surface area contributed by atoms with Crippen molar-refractivity contribution in [2.45, 2.75) is 25.1 Å². The third kappa shape index (κ3) is 3.71. The molecule has 1 heterocycles. The second-order valence-electron chi connectivity index (χ2n) is 3.36. The van der Waals surface area contributed by atoms with E-state index in [1.807, 2.05) is 0 Å². The Morgan fingerprint density at radius 3 is 2.67 bits per heavy atom. The Morgan fingerprint density at radius 1 is 1.50 bits per heavy atom. The van der Waals surface area contributed by atoms with E-state index in [-0.39, 0.29) is 24.3 Å². The van der Waals surface area contributed by atoms with E-state index < -0.39 is 12.4 Å². The maximum Gasteiger partial charge on any atom is 0.310 e. The predicted octanol–water partition coefficient (Wildman–Crippen LogP) is 3.78. The molecule has 0 radical (unpaired) electrons. The van der Waals surface area contributed by atoms with Crippen molar-refractivity contribution in [2.75, 3.05) is 6.61 Å². The SMILES string of the molecule is CCOC(=O)Cc1c(C(F)F)ncc(Br)c1CBr. The van der Waals surface area contributed by atoms with Crippen LogP contribution in [-0.2, 0) is 21.3 Å². The number of ether oxygens (including phenoxy) is 1. The van der Waals surface area contributed by atoms with Crippen LogP contribution in [0.2, 0.25) is 0 Å². The average Bonchev–Trinajstić information content (AvgIpc) is 2.29. The van der Waals surface area contributed by atoms with Crippen LogP contribution in [0, 0.1) is 0 Å². The molecule has 1 aromatic heterocycles. The van der Waals surface area contributed by atoms with Crippen LogP contribution < -0.4 is 0 Å². The summed E-state index contributed by atoms with van der Waals surface area (Å²) < 4.78 is 31.1. The van der Waals surface area contributed by atoms with E-state index >= 15 is 0 Å². The number of hydrogen-bond acceptors (Lipinski definition) is 3. The van der Waals surface area contributed by atoms with Crippen LogP contribution in [0.3, 0.4) is 0 Å². The molecule has 0 aliphatic carbocycles. The molecule has 100 valence electrons. The van der Waals surface area contributed by atoms with Crippen molar-refractivity contribution in [3.05, 3.63) is 27.5 Å². The molecule has 0 spiro atoms. The fourth-order valence-corrected chi connectivity index (χ4v) is 2.97. The number of hydrogen-bond donors (Lipinski definition) is 0. The maximum absolute atomic E-state index is 12.9. The Bertz CT molecular complexity index is 441. The summed E-state index contributed by atoms with van der Waals surface area (Å²) in [5.41, 5.74) is 0.434. The van der Waals surface area contributed by atoms with E-state index in [1.54, 1.807) is 6.92 Å². The molecule has 1 rings (SSSR count). The van der Waals surface area contributed by atoms with Crippen LogP contribution in [0.25, 0.3) is 0 Å². The second-order valence-corrected chi connectivity index (χ2v) is 4.78. The van der Waals surface area contributed by atoms with Gasteiger partial charge in [0, 0.05) is 16.0 Å². The Hall–Kier alpha value is -0.560. The van der Waals surface area contributed by atoms with E-state index in [4.69, 9.17) is 4.74 Å². The van der Waals surface area contributed by atoms with Gasteiger partial charge < -0.3 is 4.74 Å². The van der Waals surface area contributed by atoms with Crippen molar-refractivity contribution >= 4 is 37.8 Å². The summed E-state index contributed by atoms with van der Waals surface area (Å²) in [6.07, 6.45) is -1.62. The van der Waals surface area contributed by atoms with Crippen LogP contribution in [0.5, 0.6) is 0 Å². The quantitative estimate of drug-likeness (QED) is 0.571. The minimum atomic E-state index is -2.72. The maximum atomic E-state index is 12.9. The highest BCUT2D eigenvalue weighted by molar-refractivity contribution is 9.10. The highest BCUT2D eigenvalue weighted by atomic mass is 79.9. The van der Waals surface area contributed by atoms with Gasteiger partial charge in [-0.25, -0.2) is 8.78 Å². The number of carbonyl (C=O) groups is 1. The first-order chi connectivity index (χ1) is 8.51. The predicted molar refractivity (Wildman–Crippen MR) is 69.9 cm³/mol. The van der Waals surface area contributed by atoms with E-state index in [1.165, 1.54) is 6.20 Å². The van der Waals surface area contributed by atoms with Gasteiger partial charge in [-0.05, 0) is 34.0 Å². The summed E-state index contributed by atoms with van der Waals surface area (Å²) >= 11 is 6.45. The van der Waals surface area contributed by atoms with Crippen molar-refractivity contribution in [1.29, 1.82) is 0 Å². The van der Waals surface area contributed by atoms with Gasteiger partial charge in [0.15, 0.2) is 0 Å². The van der Waals surface area contributed by atoms with Crippen LogP contribution in [0.15, 0.2) is 10.7 Å². The molecule has 7 heteroatoms. The molecule has 0 amide bonds. The lowest BCUT2D eigenvalue weighted by Crippen LogP contribution is -2.13. The molecule has 0 fully saturated rings. The van der Waals surface area contributed by atoms with Gasteiger partial charge in [-0.3, -0.25) is 9.78 Å². The third-order valence-electron chi connectivity index (χ3n) is 2.25. The molecule has 0 saturated carbocycles. The number of halogens is 4. The first-order valence-electron chi connectivity index (χ1n) is 5.17. The van der Waals surface area contributed by atoms with E-state index in [0.29, 0.717) is 15.4 Å². The van der Waals surface area contributed by atoms with Gasteiger partial charge in [0.25, 0.3) is 6.43 Å². The monoisotopic (exact) mass is 385 g/mol. The van der Waals surface area contributed by atoms with Crippen molar-refractivity contribution in [3.8, 4) is 0 Å². The van der Waals surface area contributed by atoms with Gasteiger partial charge in [0.1, 0.15) is 5.69 Å². The van der Waals surface area contributed by atoms with Gasteiger partial charge in [0.2, 0.25) is 0 Å². The fraction of sp³-hybridized carbons (Fsp3) is 0.455. The van der Waals surface area contributed by atoms with Crippen molar-refractivity contribution in [2.24, 2.45) is 0 Å². The molecule has 0 N–H and O–H groups in total. The Morgan fingerprint density at radius 2 is 2.17 bits per heavy atom. The molecule has 0 unspecified atom stereocenters. The molecule has 18 heavy (non-hydrogen) atoms. The number of pyridine rings is 1. The lowest BCUT2D eigenvalue weighted by molar-refractivity contribution is -0.142. The number of carbonyl (C=O) groups excluding carboxylic acids is 1. The molecular formula is C11H11Br2F2NO2. The second kappa shape index (κ2) is 7.13. The van der Waals surface area contributed by atoms with Crippen molar-refractivity contribution in [1.82, 2.24) is 4.98 Å². The van der Waals surface area contributed by atoms with Crippen LogP contribution >= 0.6 is 31.9 Å². The fourth-order valence-electron chi connectivity index (χ4n) is 1.47. The standard InChI is InChI=1S/C11H11Br2F2NO2/c1-2-18-9(17)3-6-7(4-12)8(13)5-16-10(6)11(14)15/h5,11H,2-4H2,1H3. The summed E-state index contributed by atoms with van der Waals surface area (Å²) in [4.78, 5) is 15.1. The lowest BCUT2D eigenvalue weighted by atomic mass is 10.0. The normalized spacial score (nSPS) is 10.8. The largest absolute Gasteiger partial charge is 0.466 e. The lowest BCUT2D eigenvalue weighted by Gasteiger charge is -2.13. The minimum absolute atomic E-state index is 0.207. The molecule has 1 aromatic rings. The highest BCUT2D eigenvalue weighted by Gasteiger charge is 2.22. The molecule has 0 atom stereocenters. The zero-order valence-corrected chi connectivity index (χ0v) is 12.7. The van der Waals surface area contributed by atoms with Gasteiger partial charge in [-0.1, -0.05) is 15.9 Å². The van der Waals surface area contributed by atoms with E-state index in [9.17, 15) is 13.6 Å². The van der Waals surface area contributed by atoms with Gasteiger partial charge in [-0.15, -0.1) is 0 Å². The number of esters is 1. The molecule has 0 saturated heterocycles. The Kier molecular flexibility index (Phi) is 6.14. The minimum Gasteiger partial charge on any atom is -0.466 e.